The van der Waals surface area contributed by atoms with Gasteiger partial charge in [-0.2, -0.15) is 0 Å². The molecule has 13 heavy (non-hydrogen) atoms. The monoisotopic (exact) mass is 185 g/mol. The van der Waals surface area contributed by atoms with Crippen molar-refractivity contribution >= 4 is 11.7 Å². The summed E-state index contributed by atoms with van der Waals surface area (Å²) in [6, 6.07) is 5.29. The Bertz CT molecular complexity index is 454. The van der Waals surface area contributed by atoms with E-state index in [9.17, 15) is 4.79 Å². The van der Waals surface area contributed by atoms with Gasteiger partial charge in [-0.15, -0.1) is 0 Å². The Labute approximate surface area is 86.4 Å². The van der Waals surface area contributed by atoms with Crippen LogP contribution in [0.2, 0.25) is 0 Å². The number of ether oxygens (including phenoxy) is 1. The third-order valence-electron chi connectivity index (χ3n) is 1.53. The van der Waals surface area contributed by atoms with Crippen molar-refractivity contribution in [3.05, 3.63) is 29.8 Å². The number of carbonyl (C=O) groups is 1. The number of hydrogen-bond donors (Lipinski definition) is 0. The molecule has 0 spiro atoms. The number of nitrogens with zero attached hydrogens (tertiary/aromatic N) is 1. The van der Waals surface area contributed by atoms with Gasteiger partial charge in [-0.1, -0.05) is 6.07 Å². The molecule has 0 heterocycles. The van der Waals surface area contributed by atoms with Crippen LogP contribution >= 0.6 is 0 Å². The van der Waals surface area contributed by atoms with Crippen LogP contribution in [0.15, 0.2) is 24.3 Å². The minimum absolute atomic E-state index is 0.0819. The van der Waals surface area contributed by atoms with Gasteiger partial charge in [0.25, 0.3) is 0 Å². The molecule has 3 nitrogen and oxygen atoms in total. The number of carbonyl (C=O) groups excluding carboxylic acids is 1. The van der Waals surface area contributed by atoms with Crippen LogP contribution in [0.4, 0.5) is 5.69 Å². The number of benzene rings is 1. The van der Waals surface area contributed by atoms with Crippen molar-refractivity contribution in [1.29, 1.82) is 0 Å². The molecule has 0 N–H and O–H groups in total. The quantitative estimate of drug-likeness (QED) is 0.654. The maximum Gasteiger partial charge on any atom is 0.337 e. The predicted molar refractivity (Wildman–Crippen MR) is 52.1 cm³/mol. The molecule has 0 fully saturated rings. The molecule has 0 saturated carbocycles. The number of anilines is 1. The zero-order chi connectivity index (χ0) is 14.8. The Morgan fingerprint density at radius 1 is 1.54 bits per heavy atom. The first-order valence-electron chi connectivity index (χ1n) is 6.56. The maximum atomic E-state index is 11.4. The SMILES string of the molecule is [2H]C([2H])([2H])N(c1cccc(C(=O)OC)c1)C([2H])([2H])[2H]. The Kier molecular flexibility index (Phi) is 1.25. The average molecular weight is 185 g/mol. The molecule has 0 saturated heterocycles. The van der Waals surface area contributed by atoms with E-state index in [1.807, 2.05) is 0 Å². The van der Waals surface area contributed by atoms with Gasteiger partial charge in [-0.25, -0.2) is 4.79 Å². The molecule has 0 atom stereocenters. The van der Waals surface area contributed by atoms with Crippen LogP contribution < -0.4 is 4.90 Å². The van der Waals surface area contributed by atoms with Gasteiger partial charge < -0.3 is 9.64 Å². The summed E-state index contributed by atoms with van der Waals surface area (Å²) in [5, 5.41) is 0. The Morgan fingerprint density at radius 3 is 2.92 bits per heavy atom. The molecule has 70 valence electrons. The Hall–Kier alpha value is -1.51. The molecule has 0 bridgehead atoms. The van der Waals surface area contributed by atoms with Gasteiger partial charge in [0.15, 0.2) is 0 Å². The van der Waals surface area contributed by atoms with Gasteiger partial charge in [-0.3, -0.25) is 0 Å². The molecular weight excluding hydrogens is 166 g/mol. The van der Waals surface area contributed by atoms with Gasteiger partial charge in [0.2, 0.25) is 0 Å². The summed E-state index contributed by atoms with van der Waals surface area (Å²) in [6.07, 6.45) is 0. The maximum absolute atomic E-state index is 11.4. The zero-order valence-electron chi connectivity index (χ0n) is 13.1. The molecule has 0 aliphatic heterocycles. The summed E-state index contributed by atoms with van der Waals surface area (Å²) >= 11 is 0. The van der Waals surface area contributed by atoms with Crippen LogP contribution in [0.1, 0.15) is 18.6 Å². The number of rotatable bonds is 2. The third-order valence-corrected chi connectivity index (χ3v) is 1.53. The third kappa shape index (κ3) is 2.21. The molecule has 0 unspecified atom stereocenters. The lowest BCUT2D eigenvalue weighted by Crippen LogP contribution is -2.10. The standard InChI is InChI=1S/C10H13NO2/c1-11(2)9-6-4-5-8(7-9)10(12)13-3/h4-7H,1-3H3/i1D3,2D3. The van der Waals surface area contributed by atoms with Crippen molar-refractivity contribution in [2.45, 2.75) is 0 Å². The van der Waals surface area contributed by atoms with Crippen LogP contribution in [-0.4, -0.2) is 27.0 Å². The van der Waals surface area contributed by atoms with Crippen molar-refractivity contribution in [3.8, 4) is 0 Å². The normalized spacial score (nSPS) is 18.2. The Morgan fingerprint density at radius 2 is 2.31 bits per heavy atom. The second kappa shape index (κ2) is 3.94. The molecule has 0 amide bonds. The summed E-state index contributed by atoms with van der Waals surface area (Å²) in [5.74, 6) is -0.669. The first-order valence-corrected chi connectivity index (χ1v) is 3.56. The second-order valence-electron chi connectivity index (χ2n) is 2.38. The Balaban J connectivity index is 3.29. The van der Waals surface area contributed by atoms with Crippen molar-refractivity contribution < 1.29 is 17.8 Å². The number of esters is 1. The van der Waals surface area contributed by atoms with Crippen molar-refractivity contribution in [1.82, 2.24) is 0 Å². The molecule has 0 aromatic heterocycles. The van der Waals surface area contributed by atoms with E-state index in [2.05, 4.69) is 4.74 Å². The minimum Gasteiger partial charge on any atom is -0.465 e. The van der Waals surface area contributed by atoms with E-state index >= 15 is 0 Å². The highest BCUT2D eigenvalue weighted by molar-refractivity contribution is 5.90. The van der Waals surface area contributed by atoms with E-state index in [4.69, 9.17) is 8.22 Å². The van der Waals surface area contributed by atoms with E-state index in [-0.39, 0.29) is 11.3 Å². The van der Waals surface area contributed by atoms with Crippen molar-refractivity contribution in [3.63, 3.8) is 0 Å². The van der Waals surface area contributed by atoms with E-state index in [0.29, 0.717) is 4.90 Å². The number of hydrogen-bond acceptors (Lipinski definition) is 3. The summed E-state index contributed by atoms with van der Waals surface area (Å²) in [7, 11) is 1.18. The summed E-state index contributed by atoms with van der Waals surface area (Å²) in [5.41, 5.74) is -0.0126. The number of methoxy groups -OCH3 is 1. The first kappa shape index (κ1) is 4.13. The molecule has 1 aromatic rings. The van der Waals surface area contributed by atoms with Crippen LogP contribution in [-0.2, 0) is 4.74 Å². The molecule has 0 radical (unpaired) electrons. The summed E-state index contributed by atoms with van der Waals surface area (Å²) in [4.78, 5) is 11.7. The highest BCUT2D eigenvalue weighted by Crippen LogP contribution is 2.13. The first-order chi connectivity index (χ1) is 8.57. The lowest BCUT2D eigenvalue weighted by atomic mass is 10.2. The molecule has 1 aromatic carbocycles. The van der Waals surface area contributed by atoms with Gasteiger partial charge in [0.1, 0.15) is 0 Å². The van der Waals surface area contributed by atoms with E-state index < -0.39 is 19.9 Å². The van der Waals surface area contributed by atoms with Gasteiger partial charge in [-0.05, 0) is 18.2 Å². The van der Waals surface area contributed by atoms with Crippen LogP contribution in [0.5, 0.6) is 0 Å². The molecule has 0 aliphatic carbocycles. The fraction of sp³-hybridized carbons (Fsp3) is 0.300. The highest BCUT2D eigenvalue weighted by atomic mass is 16.5. The van der Waals surface area contributed by atoms with Crippen LogP contribution in [0.3, 0.4) is 0 Å². The fourth-order valence-electron chi connectivity index (χ4n) is 0.890. The lowest BCUT2D eigenvalue weighted by Gasteiger charge is -2.12. The summed E-state index contributed by atoms with van der Waals surface area (Å²) < 4.78 is 48.2. The van der Waals surface area contributed by atoms with Gasteiger partial charge in [0.05, 0.1) is 12.7 Å². The minimum atomic E-state index is -2.85. The van der Waals surface area contributed by atoms with E-state index in [1.165, 1.54) is 31.4 Å². The van der Waals surface area contributed by atoms with E-state index in [1.54, 1.807) is 0 Å². The summed E-state index contributed by atoms with van der Waals surface area (Å²) in [6.45, 7) is -5.69. The van der Waals surface area contributed by atoms with Gasteiger partial charge in [0, 0.05) is 27.9 Å². The largest absolute Gasteiger partial charge is 0.465 e. The topological polar surface area (TPSA) is 29.5 Å². The van der Waals surface area contributed by atoms with Crippen molar-refractivity contribution in [2.24, 2.45) is 0 Å². The van der Waals surface area contributed by atoms with Crippen molar-refractivity contribution in [2.75, 3.05) is 26.0 Å². The second-order valence-corrected chi connectivity index (χ2v) is 2.38. The molecular formula is C10H13NO2. The smallest absolute Gasteiger partial charge is 0.337 e. The van der Waals surface area contributed by atoms with Crippen LogP contribution in [0.25, 0.3) is 0 Å². The zero-order valence-corrected chi connectivity index (χ0v) is 7.07. The van der Waals surface area contributed by atoms with Crippen LogP contribution in [0, 0.1) is 0 Å². The highest BCUT2D eigenvalue weighted by Gasteiger charge is 2.05. The molecule has 1 rings (SSSR count). The molecule has 0 aliphatic rings. The predicted octanol–water partition coefficient (Wildman–Crippen LogP) is 1.54. The fourth-order valence-corrected chi connectivity index (χ4v) is 0.890. The molecule has 3 heteroatoms. The van der Waals surface area contributed by atoms with E-state index in [0.717, 1.165) is 0 Å². The lowest BCUT2D eigenvalue weighted by molar-refractivity contribution is 0.0601. The average Bonchev–Trinajstić information content (AvgIpc) is 2.24. The van der Waals surface area contributed by atoms with Gasteiger partial charge >= 0.3 is 5.97 Å².